The predicted molar refractivity (Wildman–Crippen MR) is 68.3 cm³/mol. The fourth-order valence-electron chi connectivity index (χ4n) is 1.39. The van der Waals surface area contributed by atoms with E-state index >= 15 is 0 Å². The molecule has 2 heterocycles. The van der Waals surface area contributed by atoms with Crippen LogP contribution in [0.5, 0.6) is 0 Å². The topological polar surface area (TPSA) is 110 Å². The number of nitrogens with one attached hydrogen (secondary N) is 1. The molecule has 20 heavy (non-hydrogen) atoms. The summed E-state index contributed by atoms with van der Waals surface area (Å²) in [6.45, 7) is 2.81. The van der Waals surface area contributed by atoms with Gasteiger partial charge in [-0.15, -0.1) is 0 Å². The first-order valence-corrected chi connectivity index (χ1v) is 5.77. The molecule has 8 heteroatoms. The van der Waals surface area contributed by atoms with Gasteiger partial charge in [-0.25, -0.2) is 19.4 Å². The Morgan fingerprint density at radius 3 is 2.60 bits per heavy atom. The van der Waals surface area contributed by atoms with Crippen LogP contribution in [0.4, 0.5) is 0 Å². The third kappa shape index (κ3) is 2.79. The van der Waals surface area contributed by atoms with Crippen LogP contribution in [0.2, 0.25) is 0 Å². The van der Waals surface area contributed by atoms with Crippen molar-refractivity contribution in [2.45, 2.75) is 19.4 Å². The molecule has 0 aromatic carbocycles. The SMILES string of the molecule is CC(C)(NC(=O)c1ccc(-n2cncn2)nc1)C(=O)O. The summed E-state index contributed by atoms with van der Waals surface area (Å²) in [5.74, 6) is -1.11. The van der Waals surface area contributed by atoms with E-state index in [1.165, 1.54) is 43.4 Å². The van der Waals surface area contributed by atoms with Gasteiger partial charge in [0.05, 0.1) is 5.56 Å². The second kappa shape index (κ2) is 5.08. The van der Waals surface area contributed by atoms with Crippen molar-refractivity contribution in [3.63, 3.8) is 0 Å². The van der Waals surface area contributed by atoms with Crippen molar-refractivity contribution in [3.05, 3.63) is 36.5 Å². The molecule has 0 aliphatic carbocycles. The molecule has 0 atom stereocenters. The first kappa shape index (κ1) is 13.7. The van der Waals surface area contributed by atoms with E-state index in [-0.39, 0.29) is 5.56 Å². The molecule has 0 saturated carbocycles. The smallest absolute Gasteiger partial charge is 0.328 e. The molecule has 0 saturated heterocycles. The largest absolute Gasteiger partial charge is 0.480 e. The minimum Gasteiger partial charge on any atom is -0.480 e. The lowest BCUT2D eigenvalue weighted by Crippen LogP contribution is -2.49. The maximum absolute atomic E-state index is 11.9. The number of aromatic nitrogens is 4. The number of nitrogens with zero attached hydrogens (tertiary/aromatic N) is 4. The van der Waals surface area contributed by atoms with Gasteiger partial charge in [-0.05, 0) is 26.0 Å². The second-order valence-corrected chi connectivity index (χ2v) is 4.63. The highest BCUT2D eigenvalue weighted by molar-refractivity contribution is 5.97. The standard InChI is InChI=1S/C12H13N5O3/c1-12(2,11(19)20)16-10(18)8-3-4-9(14-5-8)17-7-13-6-15-17/h3-7H,1-2H3,(H,16,18)(H,19,20). The maximum Gasteiger partial charge on any atom is 0.328 e. The second-order valence-electron chi connectivity index (χ2n) is 4.63. The number of aliphatic carboxylic acids is 1. The molecule has 104 valence electrons. The summed E-state index contributed by atoms with van der Waals surface area (Å²) in [5.41, 5.74) is -1.08. The number of rotatable bonds is 4. The summed E-state index contributed by atoms with van der Waals surface area (Å²) in [5, 5.41) is 15.3. The van der Waals surface area contributed by atoms with Crippen molar-refractivity contribution in [2.24, 2.45) is 0 Å². The van der Waals surface area contributed by atoms with Gasteiger partial charge in [0.15, 0.2) is 5.82 Å². The Morgan fingerprint density at radius 1 is 1.35 bits per heavy atom. The minimum atomic E-state index is -1.35. The monoisotopic (exact) mass is 275 g/mol. The van der Waals surface area contributed by atoms with Crippen LogP contribution < -0.4 is 5.32 Å². The number of carboxylic acid groups (broad SMARTS) is 1. The van der Waals surface area contributed by atoms with Gasteiger partial charge in [0.1, 0.15) is 18.2 Å². The Hall–Kier alpha value is -2.77. The van der Waals surface area contributed by atoms with Crippen LogP contribution in [0.15, 0.2) is 31.0 Å². The zero-order valence-corrected chi connectivity index (χ0v) is 10.9. The summed E-state index contributed by atoms with van der Waals surface area (Å²) in [4.78, 5) is 30.7. The summed E-state index contributed by atoms with van der Waals surface area (Å²) in [6, 6.07) is 3.13. The van der Waals surface area contributed by atoms with Gasteiger partial charge in [0.2, 0.25) is 0 Å². The first-order chi connectivity index (χ1) is 9.40. The third-order valence-electron chi connectivity index (χ3n) is 2.62. The molecule has 0 fully saturated rings. The van der Waals surface area contributed by atoms with Crippen LogP contribution in [-0.2, 0) is 4.79 Å². The molecule has 0 aliphatic heterocycles. The van der Waals surface area contributed by atoms with E-state index in [4.69, 9.17) is 5.11 Å². The van der Waals surface area contributed by atoms with Gasteiger partial charge in [-0.1, -0.05) is 0 Å². The highest BCUT2D eigenvalue weighted by atomic mass is 16.4. The van der Waals surface area contributed by atoms with Crippen LogP contribution >= 0.6 is 0 Å². The summed E-state index contributed by atoms with van der Waals surface area (Å²) in [6.07, 6.45) is 4.21. The van der Waals surface area contributed by atoms with E-state index in [0.717, 1.165) is 0 Å². The van der Waals surface area contributed by atoms with Crippen LogP contribution in [0, 0.1) is 0 Å². The number of carboxylic acids is 1. The number of pyridine rings is 1. The van der Waals surface area contributed by atoms with Crippen LogP contribution in [0.25, 0.3) is 5.82 Å². The average molecular weight is 275 g/mol. The zero-order chi connectivity index (χ0) is 14.8. The lowest BCUT2D eigenvalue weighted by molar-refractivity contribution is -0.143. The maximum atomic E-state index is 11.9. The fraction of sp³-hybridized carbons (Fsp3) is 0.250. The molecular formula is C12H13N5O3. The van der Waals surface area contributed by atoms with E-state index in [1.807, 2.05) is 0 Å². The van der Waals surface area contributed by atoms with Crippen LogP contribution in [0.1, 0.15) is 24.2 Å². The van der Waals surface area contributed by atoms with Gasteiger partial charge in [0, 0.05) is 6.20 Å². The molecule has 2 aromatic rings. The molecule has 0 aliphatic rings. The molecule has 2 aromatic heterocycles. The van der Waals surface area contributed by atoms with Crippen molar-refractivity contribution in [1.29, 1.82) is 0 Å². The molecule has 0 unspecified atom stereocenters. The van der Waals surface area contributed by atoms with Gasteiger partial charge in [-0.3, -0.25) is 4.79 Å². The highest BCUT2D eigenvalue weighted by Gasteiger charge is 2.29. The Labute approximate surface area is 114 Å². The number of amides is 1. The van der Waals surface area contributed by atoms with Gasteiger partial charge < -0.3 is 10.4 Å². The Morgan fingerprint density at radius 2 is 2.10 bits per heavy atom. The average Bonchev–Trinajstić information content (AvgIpc) is 2.92. The molecule has 0 bridgehead atoms. The van der Waals surface area contributed by atoms with E-state index in [0.29, 0.717) is 5.82 Å². The highest BCUT2D eigenvalue weighted by Crippen LogP contribution is 2.07. The van der Waals surface area contributed by atoms with Crippen molar-refractivity contribution in [2.75, 3.05) is 0 Å². The molecule has 1 amide bonds. The first-order valence-electron chi connectivity index (χ1n) is 5.77. The summed E-state index contributed by atoms with van der Waals surface area (Å²) >= 11 is 0. The number of carbonyl (C=O) groups excluding carboxylic acids is 1. The molecule has 0 radical (unpaired) electrons. The van der Waals surface area contributed by atoms with Gasteiger partial charge in [0.25, 0.3) is 5.91 Å². The molecule has 8 nitrogen and oxygen atoms in total. The van der Waals surface area contributed by atoms with Crippen molar-refractivity contribution < 1.29 is 14.7 Å². The molecule has 0 spiro atoms. The molecule has 2 rings (SSSR count). The van der Waals surface area contributed by atoms with Gasteiger partial charge in [-0.2, -0.15) is 5.10 Å². The number of carbonyl (C=O) groups is 2. The molecular weight excluding hydrogens is 262 g/mol. The van der Waals surface area contributed by atoms with Crippen molar-refractivity contribution in [3.8, 4) is 5.82 Å². The normalized spacial score (nSPS) is 11.1. The van der Waals surface area contributed by atoms with E-state index in [9.17, 15) is 9.59 Å². The lowest BCUT2D eigenvalue weighted by atomic mass is 10.1. The van der Waals surface area contributed by atoms with Gasteiger partial charge >= 0.3 is 5.97 Å². The number of hydrogen-bond donors (Lipinski definition) is 2. The number of hydrogen-bond acceptors (Lipinski definition) is 5. The zero-order valence-electron chi connectivity index (χ0n) is 10.9. The lowest BCUT2D eigenvalue weighted by Gasteiger charge is -2.20. The predicted octanol–water partition coefficient (Wildman–Crippen LogP) is 0.255. The quantitative estimate of drug-likeness (QED) is 0.828. The Balaban J connectivity index is 2.14. The van der Waals surface area contributed by atoms with Crippen molar-refractivity contribution in [1.82, 2.24) is 25.1 Å². The van der Waals surface area contributed by atoms with E-state index in [1.54, 1.807) is 6.07 Å². The Bertz CT molecular complexity index is 619. The third-order valence-corrected chi connectivity index (χ3v) is 2.62. The summed E-state index contributed by atoms with van der Waals surface area (Å²) < 4.78 is 1.45. The van der Waals surface area contributed by atoms with E-state index < -0.39 is 17.4 Å². The fourth-order valence-corrected chi connectivity index (χ4v) is 1.39. The van der Waals surface area contributed by atoms with Crippen molar-refractivity contribution >= 4 is 11.9 Å². The van der Waals surface area contributed by atoms with E-state index in [2.05, 4.69) is 20.4 Å². The van der Waals surface area contributed by atoms with Crippen LogP contribution in [0.3, 0.4) is 0 Å². The summed E-state index contributed by atoms with van der Waals surface area (Å²) in [7, 11) is 0. The Kier molecular flexibility index (Phi) is 3.47. The van der Waals surface area contributed by atoms with Crippen LogP contribution in [-0.4, -0.2) is 42.3 Å². The molecule has 2 N–H and O–H groups in total. The minimum absolute atomic E-state index is 0.267.